The normalized spacial score (nSPS) is 11.9. The van der Waals surface area contributed by atoms with Crippen molar-refractivity contribution in [3.05, 3.63) is 66.0 Å². The summed E-state index contributed by atoms with van der Waals surface area (Å²) in [6.07, 6.45) is 4.61. The second-order valence-corrected chi connectivity index (χ2v) is 5.17. The fraction of sp³-hybridized carbons (Fsp3) is 0.294. The second kappa shape index (κ2) is 7.55. The number of nitrogens with two attached hydrogens (primary N) is 1. The number of aromatic nitrogens is 1. The molecule has 0 fully saturated rings. The molecule has 0 spiro atoms. The number of carbonyl (C=O) groups is 1. The van der Waals surface area contributed by atoms with E-state index in [2.05, 4.69) is 4.98 Å². The Balaban J connectivity index is 1.81. The van der Waals surface area contributed by atoms with E-state index in [1.165, 1.54) is 0 Å². The van der Waals surface area contributed by atoms with Crippen molar-refractivity contribution in [1.29, 1.82) is 0 Å². The smallest absolute Gasteiger partial charge is 0.222 e. The third-order valence-electron chi connectivity index (χ3n) is 3.47. The molecule has 0 radical (unpaired) electrons. The Morgan fingerprint density at radius 2 is 2.00 bits per heavy atom. The number of rotatable bonds is 6. The lowest BCUT2D eigenvalue weighted by molar-refractivity contribution is -0.130. The summed E-state index contributed by atoms with van der Waals surface area (Å²) < 4.78 is 0. The first-order valence-corrected chi connectivity index (χ1v) is 7.10. The molecule has 2 aromatic rings. The minimum atomic E-state index is -0.0954. The lowest BCUT2D eigenvalue weighted by Gasteiger charge is -2.18. The molecule has 1 heterocycles. The van der Waals surface area contributed by atoms with Gasteiger partial charge in [-0.1, -0.05) is 36.4 Å². The molecule has 110 valence electrons. The number of benzene rings is 1. The van der Waals surface area contributed by atoms with Crippen LogP contribution in [0.2, 0.25) is 0 Å². The van der Waals surface area contributed by atoms with Crippen molar-refractivity contribution in [2.75, 3.05) is 7.05 Å². The minimum absolute atomic E-state index is 0.0954. The van der Waals surface area contributed by atoms with Crippen molar-refractivity contribution >= 4 is 5.91 Å². The number of amides is 1. The van der Waals surface area contributed by atoms with Crippen LogP contribution in [0, 0.1) is 0 Å². The van der Waals surface area contributed by atoms with Crippen molar-refractivity contribution in [3.8, 4) is 0 Å². The van der Waals surface area contributed by atoms with Gasteiger partial charge in [-0.25, -0.2) is 0 Å². The van der Waals surface area contributed by atoms with Gasteiger partial charge in [-0.2, -0.15) is 0 Å². The summed E-state index contributed by atoms with van der Waals surface area (Å²) >= 11 is 0. The molecule has 4 heteroatoms. The molecule has 2 rings (SSSR count). The fourth-order valence-electron chi connectivity index (χ4n) is 2.19. The predicted molar refractivity (Wildman–Crippen MR) is 83.3 cm³/mol. The standard InChI is InChI=1S/C17H21N3O/c1-20(13-14-6-5-11-19-12-14)17(21)10-9-16(18)15-7-3-2-4-8-15/h2-8,11-12,16H,9-10,13,18H2,1H3. The Morgan fingerprint density at radius 1 is 1.24 bits per heavy atom. The van der Waals surface area contributed by atoms with Gasteiger partial charge in [0.1, 0.15) is 0 Å². The molecule has 0 bridgehead atoms. The molecule has 1 atom stereocenters. The molecule has 1 aromatic heterocycles. The van der Waals surface area contributed by atoms with Gasteiger partial charge in [-0.15, -0.1) is 0 Å². The van der Waals surface area contributed by atoms with Gasteiger partial charge >= 0.3 is 0 Å². The molecular formula is C17H21N3O. The lowest BCUT2D eigenvalue weighted by atomic mass is 10.0. The van der Waals surface area contributed by atoms with Crippen LogP contribution in [0.4, 0.5) is 0 Å². The van der Waals surface area contributed by atoms with Crippen molar-refractivity contribution < 1.29 is 4.79 Å². The first-order chi connectivity index (χ1) is 10.2. The van der Waals surface area contributed by atoms with E-state index >= 15 is 0 Å². The Labute approximate surface area is 125 Å². The van der Waals surface area contributed by atoms with Gasteiger partial charge in [-0.3, -0.25) is 9.78 Å². The quantitative estimate of drug-likeness (QED) is 0.886. The summed E-state index contributed by atoms with van der Waals surface area (Å²) in [6.45, 7) is 0.577. The van der Waals surface area contributed by atoms with E-state index in [0.717, 1.165) is 11.1 Å². The molecular weight excluding hydrogens is 262 g/mol. The maximum atomic E-state index is 12.1. The Morgan fingerprint density at radius 3 is 2.67 bits per heavy atom. The van der Waals surface area contributed by atoms with Crippen LogP contribution in [0.3, 0.4) is 0 Å². The average Bonchev–Trinajstić information content (AvgIpc) is 2.54. The predicted octanol–water partition coefficient (Wildman–Crippen LogP) is 2.52. The van der Waals surface area contributed by atoms with Crippen LogP contribution in [-0.2, 0) is 11.3 Å². The van der Waals surface area contributed by atoms with Crippen LogP contribution in [0.1, 0.15) is 30.0 Å². The molecule has 2 N–H and O–H groups in total. The Kier molecular flexibility index (Phi) is 5.46. The lowest BCUT2D eigenvalue weighted by Crippen LogP contribution is -2.27. The van der Waals surface area contributed by atoms with E-state index in [9.17, 15) is 4.79 Å². The summed E-state index contributed by atoms with van der Waals surface area (Å²) in [5, 5.41) is 0. The van der Waals surface area contributed by atoms with Crippen molar-refractivity contribution in [2.24, 2.45) is 5.73 Å². The number of nitrogens with zero attached hydrogens (tertiary/aromatic N) is 2. The van der Waals surface area contributed by atoms with Crippen molar-refractivity contribution in [3.63, 3.8) is 0 Å². The topological polar surface area (TPSA) is 59.2 Å². The summed E-state index contributed by atoms with van der Waals surface area (Å²) in [5.74, 6) is 0.102. The summed E-state index contributed by atoms with van der Waals surface area (Å²) in [4.78, 5) is 17.9. The van der Waals surface area contributed by atoms with E-state index in [1.807, 2.05) is 49.5 Å². The average molecular weight is 283 g/mol. The van der Waals surface area contributed by atoms with E-state index in [-0.39, 0.29) is 11.9 Å². The van der Waals surface area contributed by atoms with E-state index in [1.54, 1.807) is 17.3 Å². The van der Waals surface area contributed by atoms with Crippen LogP contribution in [0.15, 0.2) is 54.9 Å². The largest absolute Gasteiger partial charge is 0.341 e. The Hall–Kier alpha value is -2.20. The third kappa shape index (κ3) is 4.68. The van der Waals surface area contributed by atoms with E-state index < -0.39 is 0 Å². The highest BCUT2D eigenvalue weighted by molar-refractivity contribution is 5.75. The van der Waals surface area contributed by atoms with Crippen LogP contribution in [0.25, 0.3) is 0 Å². The van der Waals surface area contributed by atoms with Gasteiger partial charge in [0.25, 0.3) is 0 Å². The zero-order valence-electron chi connectivity index (χ0n) is 12.3. The zero-order chi connectivity index (χ0) is 15.1. The van der Waals surface area contributed by atoms with E-state index in [4.69, 9.17) is 5.73 Å². The van der Waals surface area contributed by atoms with Gasteiger partial charge in [0.05, 0.1) is 0 Å². The third-order valence-corrected chi connectivity index (χ3v) is 3.47. The fourth-order valence-corrected chi connectivity index (χ4v) is 2.19. The van der Waals surface area contributed by atoms with Gasteiger partial charge in [-0.05, 0) is 23.6 Å². The van der Waals surface area contributed by atoms with Gasteiger partial charge in [0.15, 0.2) is 0 Å². The molecule has 0 saturated heterocycles. The van der Waals surface area contributed by atoms with Crippen molar-refractivity contribution in [1.82, 2.24) is 9.88 Å². The highest BCUT2D eigenvalue weighted by Crippen LogP contribution is 2.16. The first-order valence-electron chi connectivity index (χ1n) is 7.10. The van der Waals surface area contributed by atoms with Crippen LogP contribution in [0.5, 0.6) is 0 Å². The highest BCUT2D eigenvalue weighted by Gasteiger charge is 2.12. The maximum absolute atomic E-state index is 12.1. The molecule has 0 saturated carbocycles. The summed E-state index contributed by atoms with van der Waals surface area (Å²) in [6, 6.07) is 13.6. The summed E-state index contributed by atoms with van der Waals surface area (Å²) in [5.41, 5.74) is 8.21. The van der Waals surface area contributed by atoms with Crippen LogP contribution >= 0.6 is 0 Å². The molecule has 0 aliphatic heterocycles. The molecule has 0 aliphatic carbocycles. The van der Waals surface area contributed by atoms with E-state index in [0.29, 0.717) is 19.4 Å². The number of pyridine rings is 1. The molecule has 0 aliphatic rings. The van der Waals surface area contributed by atoms with Crippen LogP contribution < -0.4 is 5.73 Å². The monoisotopic (exact) mass is 283 g/mol. The maximum Gasteiger partial charge on any atom is 0.222 e. The SMILES string of the molecule is CN(Cc1cccnc1)C(=O)CCC(N)c1ccccc1. The Bertz CT molecular complexity index is 557. The minimum Gasteiger partial charge on any atom is -0.341 e. The number of hydrogen-bond donors (Lipinski definition) is 1. The van der Waals surface area contributed by atoms with Crippen molar-refractivity contribution in [2.45, 2.75) is 25.4 Å². The van der Waals surface area contributed by atoms with Gasteiger partial charge in [0.2, 0.25) is 5.91 Å². The first kappa shape index (κ1) is 15.2. The zero-order valence-corrected chi connectivity index (χ0v) is 12.3. The molecule has 4 nitrogen and oxygen atoms in total. The molecule has 1 aromatic carbocycles. The molecule has 1 amide bonds. The van der Waals surface area contributed by atoms with Gasteiger partial charge < -0.3 is 10.6 Å². The number of carbonyl (C=O) groups excluding carboxylic acids is 1. The second-order valence-electron chi connectivity index (χ2n) is 5.17. The van der Waals surface area contributed by atoms with Gasteiger partial charge in [0, 0.05) is 38.4 Å². The molecule has 21 heavy (non-hydrogen) atoms. The highest BCUT2D eigenvalue weighted by atomic mass is 16.2. The summed E-state index contributed by atoms with van der Waals surface area (Å²) in [7, 11) is 1.81. The number of hydrogen-bond acceptors (Lipinski definition) is 3. The molecule has 1 unspecified atom stereocenters. The van der Waals surface area contributed by atoms with Crippen LogP contribution in [-0.4, -0.2) is 22.8 Å².